The van der Waals surface area contributed by atoms with E-state index in [0.29, 0.717) is 40.2 Å². The Balaban J connectivity index is 3.15. The second kappa shape index (κ2) is 8.06. The molecule has 0 radical (unpaired) electrons. The smallest absolute Gasteiger partial charge is 0.245 e. The van der Waals surface area contributed by atoms with E-state index < -0.39 is 10.0 Å². The summed E-state index contributed by atoms with van der Waals surface area (Å²) in [6, 6.07) is 1.77. The van der Waals surface area contributed by atoms with E-state index in [1.165, 1.54) is 11.3 Å². The van der Waals surface area contributed by atoms with E-state index in [9.17, 15) is 8.42 Å². The van der Waals surface area contributed by atoms with E-state index in [1.807, 2.05) is 34.7 Å². The second-order valence-corrected chi connectivity index (χ2v) is 10.4. The summed E-state index contributed by atoms with van der Waals surface area (Å²) in [6.45, 7) is 9.92. The number of thiophene rings is 1. The molecule has 7 heteroatoms. The molecule has 0 spiro atoms. The summed E-state index contributed by atoms with van der Waals surface area (Å²) < 4.78 is 28.1. The highest BCUT2D eigenvalue weighted by molar-refractivity contribution is 9.11. The van der Waals surface area contributed by atoms with Crippen molar-refractivity contribution in [3.05, 3.63) is 14.7 Å². The van der Waals surface area contributed by atoms with E-state index in [1.54, 1.807) is 10.4 Å². The number of rotatable bonds is 8. The molecule has 1 heterocycles. The largest absolute Gasteiger partial charge is 0.315 e. The molecule has 1 aromatic heterocycles. The minimum Gasteiger partial charge on any atom is -0.315 e. The van der Waals surface area contributed by atoms with Crippen molar-refractivity contribution in [2.45, 2.75) is 39.1 Å². The molecule has 0 aliphatic heterocycles. The summed E-state index contributed by atoms with van der Waals surface area (Å²) in [5, 5.41) is 3.05. The van der Waals surface area contributed by atoms with E-state index in [4.69, 9.17) is 0 Å². The average molecular weight is 397 g/mol. The van der Waals surface area contributed by atoms with E-state index >= 15 is 0 Å². The van der Waals surface area contributed by atoms with Gasteiger partial charge in [-0.1, -0.05) is 27.7 Å². The maximum Gasteiger partial charge on any atom is 0.245 e. The fraction of sp³-hybridized carbons (Fsp3) is 0.714. The van der Waals surface area contributed by atoms with E-state index in [-0.39, 0.29) is 0 Å². The van der Waals surface area contributed by atoms with Crippen LogP contribution in [0.2, 0.25) is 0 Å². The Hall–Kier alpha value is 0.0500. The predicted octanol–water partition coefficient (Wildman–Crippen LogP) is 3.53. The topological polar surface area (TPSA) is 49.4 Å². The molecule has 0 aliphatic carbocycles. The van der Waals surface area contributed by atoms with Crippen molar-refractivity contribution in [3.8, 4) is 0 Å². The van der Waals surface area contributed by atoms with Crippen molar-refractivity contribution in [3.63, 3.8) is 0 Å². The molecule has 122 valence electrons. The first-order valence-corrected chi connectivity index (χ1v) is 10.2. The first kappa shape index (κ1) is 19.1. The molecule has 0 amide bonds. The first-order valence-electron chi connectivity index (χ1n) is 7.11. The average Bonchev–Trinajstić information content (AvgIpc) is 2.69. The quantitative estimate of drug-likeness (QED) is 0.730. The number of sulfonamides is 1. The maximum absolute atomic E-state index is 12.9. The predicted molar refractivity (Wildman–Crippen MR) is 93.2 cm³/mol. The lowest BCUT2D eigenvalue weighted by Gasteiger charge is -2.25. The molecule has 1 aromatic rings. The zero-order chi connectivity index (χ0) is 16.2. The lowest BCUT2D eigenvalue weighted by Crippen LogP contribution is -2.37. The Labute approximate surface area is 141 Å². The third kappa shape index (κ3) is 5.32. The van der Waals surface area contributed by atoms with Crippen LogP contribution in [0.25, 0.3) is 0 Å². The molecule has 0 saturated heterocycles. The summed E-state index contributed by atoms with van der Waals surface area (Å²) in [7, 11) is -1.60. The third-order valence-corrected chi connectivity index (χ3v) is 6.90. The first-order chi connectivity index (χ1) is 9.68. The zero-order valence-corrected chi connectivity index (χ0v) is 16.5. The fourth-order valence-electron chi connectivity index (χ4n) is 2.06. The molecule has 0 unspecified atom stereocenters. The molecule has 21 heavy (non-hydrogen) atoms. The number of nitrogens with zero attached hydrogens (tertiary/aromatic N) is 1. The normalized spacial score (nSPS) is 12.8. The highest BCUT2D eigenvalue weighted by atomic mass is 79.9. The van der Waals surface area contributed by atoms with Gasteiger partial charge in [0.15, 0.2) is 0 Å². The van der Waals surface area contributed by atoms with Crippen molar-refractivity contribution in [2.24, 2.45) is 11.8 Å². The van der Waals surface area contributed by atoms with Gasteiger partial charge in [0.2, 0.25) is 10.0 Å². The fourth-order valence-corrected chi connectivity index (χ4v) is 6.47. The van der Waals surface area contributed by atoms with Gasteiger partial charge in [0.05, 0.1) is 3.79 Å². The van der Waals surface area contributed by atoms with Crippen LogP contribution in [0.3, 0.4) is 0 Å². The molecule has 4 nitrogen and oxygen atoms in total. The third-order valence-electron chi connectivity index (χ3n) is 2.81. The molecule has 0 atom stereocenters. The van der Waals surface area contributed by atoms with Gasteiger partial charge in [0.1, 0.15) is 4.90 Å². The minimum atomic E-state index is -3.45. The van der Waals surface area contributed by atoms with Gasteiger partial charge >= 0.3 is 0 Å². The van der Waals surface area contributed by atoms with Crippen molar-refractivity contribution in [1.29, 1.82) is 0 Å². The Kier molecular flexibility index (Phi) is 7.33. The highest BCUT2D eigenvalue weighted by Crippen LogP contribution is 2.34. The van der Waals surface area contributed by atoms with Gasteiger partial charge in [0, 0.05) is 24.5 Å². The maximum atomic E-state index is 12.9. The Bertz CT molecular complexity index is 543. The highest BCUT2D eigenvalue weighted by Gasteiger charge is 2.29. The Morgan fingerprint density at radius 2 is 1.76 bits per heavy atom. The van der Waals surface area contributed by atoms with Gasteiger partial charge < -0.3 is 5.32 Å². The number of hydrogen-bond acceptors (Lipinski definition) is 4. The standard InChI is InChI=1S/C14H25BrN2O2S2/c1-10(2)8-17(9-11(3)4)21(18,19)13-6-12(7-16-5)20-14(13)15/h6,10-11,16H,7-9H2,1-5H3. The summed E-state index contributed by atoms with van der Waals surface area (Å²) in [4.78, 5) is 1.40. The minimum absolute atomic E-state index is 0.299. The Morgan fingerprint density at radius 1 is 1.24 bits per heavy atom. The van der Waals surface area contributed by atoms with Gasteiger partial charge in [-0.3, -0.25) is 0 Å². The van der Waals surface area contributed by atoms with Crippen LogP contribution < -0.4 is 5.32 Å². The van der Waals surface area contributed by atoms with Gasteiger partial charge in [-0.25, -0.2) is 8.42 Å². The van der Waals surface area contributed by atoms with Crippen LogP contribution in [0.1, 0.15) is 32.6 Å². The van der Waals surface area contributed by atoms with E-state index in [0.717, 1.165) is 4.88 Å². The monoisotopic (exact) mass is 396 g/mol. The van der Waals surface area contributed by atoms with Crippen LogP contribution >= 0.6 is 27.3 Å². The summed E-state index contributed by atoms with van der Waals surface area (Å²) >= 11 is 4.88. The zero-order valence-electron chi connectivity index (χ0n) is 13.3. The second-order valence-electron chi connectivity index (χ2n) is 5.99. The van der Waals surface area contributed by atoms with Crippen LogP contribution in [0.4, 0.5) is 0 Å². The van der Waals surface area contributed by atoms with Crippen molar-refractivity contribution >= 4 is 37.3 Å². The molecule has 1 N–H and O–H groups in total. The van der Waals surface area contributed by atoms with Crippen LogP contribution in [0.5, 0.6) is 0 Å². The van der Waals surface area contributed by atoms with Gasteiger partial charge in [0.25, 0.3) is 0 Å². The molecule has 0 saturated carbocycles. The summed E-state index contributed by atoms with van der Waals surface area (Å²) in [6.07, 6.45) is 0. The number of hydrogen-bond donors (Lipinski definition) is 1. The lowest BCUT2D eigenvalue weighted by atomic mass is 10.2. The molecular formula is C14H25BrN2O2S2. The van der Waals surface area contributed by atoms with Crippen molar-refractivity contribution in [1.82, 2.24) is 9.62 Å². The van der Waals surface area contributed by atoms with Crippen LogP contribution in [0.15, 0.2) is 14.7 Å². The molecule has 1 rings (SSSR count). The molecule has 0 aliphatic rings. The molecule has 0 fully saturated rings. The summed E-state index contributed by atoms with van der Waals surface area (Å²) in [5.74, 6) is 0.598. The molecule has 0 aromatic carbocycles. The van der Waals surface area contributed by atoms with Gasteiger partial charge in [-0.15, -0.1) is 11.3 Å². The van der Waals surface area contributed by atoms with Crippen LogP contribution in [-0.4, -0.2) is 32.9 Å². The van der Waals surface area contributed by atoms with Gasteiger partial charge in [-0.05, 0) is 40.9 Å². The molecule has 0 bridgehead atoms. The lowest BCUT2D eigenvalue weighted by molar-refractivity contribution is 0.333. The summed E-state index contributed by atoms with van der Waals surface area (Å²) in [5.41, 5.74) is 0. The van der Waals surface area contributed by atoms with Crippen molar-refractivity contribution < 1.29 is 8.42 Å². The number of halogens is 1. The van der Waals surface area contributed by atoms with Gasteiger partial charge in [-0.2, -0.15) is 4.31 Å². The van der Waals surface area contributed by atoms with E-state index in [2.05, 4.69) is 21.2 Å². The molecular weight excluding hydrogens is 372 g/mol. The van der Waals surface area contributed by atoms with Crippen LogP contribution in [0, 0.1) is 11.8 Å². The number of nitrogens with one attached hydrogen (secondary N) is 1. The van der Waals surface area contributed by atoms with Crippen molar-refractivity contribution in [2.75, 3.05) is 20.1 Å². The Morgan fingerprint density at radius 3 is 2.19 bits per heavy atom. The van der Waals surface area contributed by atoms with Crippen LogP contribution in [-0.2, 0) is 16.6 Å². The SMILES string of the molecule is CNCc1cc(S(=O)(=O)N(CC(C)C)CC(C)C)c(Br)s1.